The van der Waals surface area contributed by atoms with Crippen molar-refractivity contribution in [3.05, 3.63) is 81.8 Å². The Hall–Kier alpha value is -3.46. The van der Waals surface area contributed by atoms with Crippen LogP contribution < -0.4 is 5.49 Å². The molecule has 3 aromatic rings. The molecule has 2 aromatic carbocycles. The minimum absolute atomic E-state index is 0.104. The summed E-state index contributed by atoms with van der Waals surface area (Å²) in [6, 6.07) is 18.9. The van der Waals surface area contributed by atoms with Crippen LogP contribution >= 0.6 is 0 Å². The van der Waals surface area contributed by atoms with Crippen LogP contribution in [0.25, 0.3) is 5.69 Å². The molecule has 0 aliphatic carbocycles. The summed E-state index contributed by atoms with van der Waals surface area (Å²) < 4.78 is 0. The Bertz CT molecular complexity index is 1040. The summed E-state index contributed by atoms with van der Waals surface area (Å²) in [5.74, 6) is -0.455. The third-order valence-electron chi connectivity index (χ3n) is 5.03. The van der Waals surface area contributed by atoms with E-state index in [1.165, 1.54) is 5.56 Å². The fourth-order valence-electron chi connectivity index (χ4n) is 3.53. The highest BCUT2D eigenvalue weighted by Crippen LogP contribution is 2.16. The van der Waals surface area contributed by atoms with E-state index in [1.807, 2.05) is 24.3 Å². The predicted octanol–water partition coefficient (Wildman–Crippen LogP) is 2.38. The Labute approximate surface area is 167 Å². The zero-order chi connectivity index (χ0) is 20.2. The second-order valence-electron chi connectivity index (χ2n) is 7.04. The van der Waals surface area contributed by atoms with Gasteiger partial charge in [-0.25, -0.2) is 0 Å². The molecule has 9 heteroatoms. The maximum atomic E-state index is 11.5. The molecule has 2 heterocycles. The molecule has 0 atom stereocenters. The van der Waals surface area contributed by atoms with Gasteiger partial charge in [-0.05, 0) is 40.3 Å². The number of benzene rings is 2. The molecule has 0 saturated carbocycles. The largest absolute Gasteiger partial charge is 0.438 e. The molecule has 1 N–H and O–H groups in total. The number of rotatable bonds is 5. The summed E-state index contributed by atoms with van der Waals surface area (Å²) in [7, 11) is 0. The topological polar surface area (TPSA) is 102 Å². The van der Waals surface area contributed by atoms with Crippen molar-refractivity contribution in [2.75, 3.05) is 13.1 Å². The highest BCUT2D eigenvalue weighted by atomic mass is 16.6. The van der Waals surface area contributed by atoms with Crippen molar-refractivity contribution in [3.63, 3.8) is 0 Å². The van der Waals surface area contributed by atoms with Gasteiger partial charge in [-0.3, -0.25) is 9.89 Å². The molecule has 4 rings (SSSR count). The molecular formula is C20H22N6O3. The van der Waals surface area contributed by atoms with Gasteiger partial charge in [0, 0.05) is 19.6 Å². The van der Waals surface area contributed by atoms with Gasteiger partial charge >= 0.3 is 5.82 Å². The maximum Gasteiger partial charge on any atom is 0.438 e. The highest BCUT2D eigenvalue weighted by molar-refractivity contribution is 5.29. The molecule has 1 aliphatic heterocycles. The summed E-state index contributed by atoms with van der Waals surface area (Å²) in [4.78, 5) is 19.4. The normalized spacial score (nSPS) is 16.2. The van der Waals surface area contributed by atoms with Crippen molar-refractivity contribution in [1.82, 2.24) is 19.6 Å². The number of para-hydroxylation sites is 1. The molecule has 1 saturated heterocycles. The first kappa shape index (κ1) is 18.9. The lowest BCUT2D eigenvalue weighted by Crippen LogP contribution is -2.36. The molecule has 9 nitrogen and oxygen atoms in total. The third kappa shape index (κ3) is 4.19. The maximum absolute atomic E-state index is 11.5. The number of hydrogen-bond acceptors (Lipinski definition) is 6. The summed E-state index contributed by atoms with van der Waals surface area (Å²) in [6.07, 6.45) is 1.53. The van der Waals surface area contributed by atoms with Gasteiger partial charge in [-0.15, -0.1) is 0 Å². The van der Waals surface area contributed by atoms with E-state index in [1.54, 1.807) is 24.3 Å². The van der Waals surface area contributed by atoms with Crippen LogP contribution in [0.3, 0.4) is 0 Å². The molecule has 0 spiro atoms. The fraction of sp³-hybridized carbons (Fsp3) is 0.300. The molecule has 0 bridgehead atoms. The van der Waals surface area contributed by atoms with Crippen molar-refractivity contribution in [2.45, 2.75) is 25.4 Å². The van der Waals surface area contributed by atoms with Crippen molar-refractivity contribution in [1.29, 1.82) is 0 Å². The summed E-state index contributed by atoms with van der Waals surface area (Å²) in [6.45, 7) is 2.56. The Morgan fingerprint density at radius 1 is 1.07 bits per heavy atom. The summed E-state index contributed by atoms with van der Waals surface area (Å²) in [5.41, 5.74) is 1.65. The average Bonchev–Trinajstić information content (AvgIpc) is 3.07. The smallest absolute Gasteiger partial charge is 0.409 e. The van der Waals surface area contributed by atoms with Gasteiger partial charge in [0.15, 0.2) is 0 Å². The van der Waals surface area contributed by atoms with Gasteiger partial charge < -0.3 is 15.3 Å². The lowest BCUT2D eigenvalue weighted by atomic mass is 10.0. The monoisotopic (exact) mass is 394 g/mol. The van der Waals surface area contributed by atoms with Crippen molar-refractivity contribution < 1.29 is 10.1 Å². The first-order valence-corrected chi connectivity index (χ1v) is 9.53. The van der Waals surface area contributed by atoms with Gasteiger partial charge in [-0.2, -0.15) is 0 Å². The van der Waals surface area contributed by atoms with E-state index in [0.717, 1.165) is 37.3 Å². The molecule has 1 fully saturated rings. The molecule has 0 amide bonds. The van der Waals surface area contributed by atoms with E-state index in [-0.39, 0.29) is 11.5 Å². The molecule has 0 unspecified atom stereocenters. The Kier molecular flexibility index (Phi) is 5.39. The Morgan fingerprint density at radius 2 is 1.69 bits per heavy atom. The molecule has 29 heavy (non-hydrogen) atoms. The first-order chi connectivity index (χ1) is 14.1. The second-order valence-corrected chi connectivity index (χ2v) is 7.04. The number of aromatic nitrogens is 3. The van der Waals surface area contributed by atoms with Crippen LogP contribution in [0.4, 0.5) is 5.82 Å². The van der Waals surface area contributed by atoms with Gasteiger partial charge in [0.25, 0.3) is 5.49 Å². The van der Waals surface area contributed by atoms with Crippen LogP contribution in [-0.2, 0) is 6.54 Å². The number of hydrogen-bond donors (Lipinski definition) is 1. The summed E-state index contributed by atoms with van der Waals surface area (Å²) in [5, 5.41) is 25.9. The van der Waals surface area contributed by atoms with E-state index in [0.29, 0.717) is 10.5 Å². The Balaban J connectivity index is 1.54. The zero-order valence-corrected chi connectivity index (χ0v) is 15.8. The average molecular weight is 394 g/mol. The quantitative estimate of drug-likeness (QED) is 0.407. The first-order valence-electron chi connectivity index (χ1n) is 9.53. The number of nitro groups is 1. The van der Waals surface area contributed by atoms with E-state index in [9.17, 15) is 15.3 Å². The second kappa shape index (κ2) is 8.27. The van der Waals surface area contributed by atoms with Crippen LogP contribution in [0.5, 0.6) is 0 Å². The number of likely N-dealkylation sites (tertiary alicyclic amines) is 1. The van der Waals surface area contributed by atoms with Crippen molar-refractivity contribution in [2.24, 2.45) is 4.99 Å². The molecule has 1 aromatic heterocycles. The van der Waals surface area contributed by atoms with E-state index in [2.05, 4.69) is 27.1 Å². The van der Waals surface area contributed by atoms with Crippen molar-refractivity contribution >= 4 is 5.82 Å². The standard InChI is InChI=1S/C20H22N6O3/c27-25-19(20(26(28)29)22-24(25)18-9-5-2-6-10-18)21-17-11-13-23(14-12-17)15-16-7-3-1-4-8-16/h1-10,17,27H,11-15H2. The molecule has 1 aliphatic rings. The van der Waals surface area contributed by atoms with Crippen LogP contribution in [0.15, 0.2) is 65.7 Å². The lowest BCUT2D eigenvalue weighted by Gasteiger charge is -2.29. The van der Waals surface area contributed by atoms with Crippen LogP contribution in [0.2, 0.25) is 0 Å². The van der Waals surface area contributed by atoms with Gasteiger partial charge in [0.1, 0.15) is 5.69 Å². The van der Waals surface area contributed by atoms with Gasteiger partial charge in [-0.1, -0.05) is 53.4 Å². The van der Waals surface area contributed by atoms with E-state index >= 15 is 0 Å². The molecule has 150 valence electrons. The fourth-order valence-corrected chi connectivity index (χ4v) is 3.53. The van der Waals surface area contributed by atoms with Crippen LogP contribution in [0, 0.1) is 10.1 Å². The highest BCUT2D eigenvalue weighted by Gasteiger charge is 2.26. The third-order valence-corrected chi connectivity index (χ3v) is 5.03. The zero-order valence-electron chi connectivity index (χ0n) is 15.8. The van der Waals surface area contributed by atoms with E-state index < -0.39 is 10.7 Å². The molecular weight excluding hydrogens is 372 g/mol. The lowest BCUT2D eigenvalue weighted by molar-refractivity contribution is -0.391. The Morgan fingerprint density at radius 3 is 2.31 bits per heavy atom. The van der Waals surface area contributed by atoms with Crippen LogP contribution in [0.1, 0.15) is 18.4 Å². The van der Waals surface area contributed by atoms with Crippen molar-refractivity contribution in [3.8, 4) is 5.69 Å². The predicted molar refractivity (Wildman–Crippen MR) is 106 cm³/mol. The minimum Gasteiger partial charge on any atom is -0.409 e. The molecule has 0 radical (unpaired) electrons. The van der Waals surface area contributed by atoms with Gasteiger partial charge in [0.2, 0.25) is 0 Å². The minimum atomic E-state index is -0.616. The van der Waals surface area contributed by atoms with Gasteiger partial charge in [0.05, 0.1) is 11.1 Å². The number of nitrogens with zero attached hydrogens (tertiary/aromatic N) is 6. The number of piperidine rings is 1. The summed E-state index contributed by atoms with van der Waals surface area (Å²) >= 11 is 0. The SMILES string of the molecule is O=[N+]([O-])c1nn(-c2ccccc2)n(O)c1=NC1CCN(Cc2ccccc2)CC1. The van der Waals surface area contributed by atoms with Crippen LogP contribution in [-0.4, -0.2) is 48.9 Å². The van der Waals surface area contributed by atoms with E-state index in [4.69, 9.17) is 0 Å².